The third-order valence-corrected chi connectivity index (χ3v) is 4.90. The maximum atomic E-state index is 5.32. The van der Waals surface area contributed by atoms with Gasteiger partial charge in [-0.05, 0) is 24.6 Å². The lowest BCUT2D eigenvalue weighted by molar-refractivity contribution is 0.414. The number of hydrogen-bond donors (Lipinski definition) is 0. The highest BCUT2D eigenvalue weighted by Gasteiger charge is 2.21. The molecule has 0 saturated carbocycles. The van der Waals surface area contributed by atoms with E-state index in [0.29, 0.717) is 5.82 Å². The number of aromatic nitrogens is 4. The van der Waals surface area contributed by atoms with Crippen LogP contribution in [0.4, 0.5) is 11.6 Å². The van der Waals surface area contributed by atoms with E-state index in [1.54, 1.807) is 19.5 Å². The fraction of sp³-hybridized carbons (Fsp3) is 0.333. The van der Waals surface area contributed by atoms with Gasteiger partial charge in [-0.25, -0.2) is 15.0 Å². The summed E-state index contributed by atoms with van der Waals surface area (Å²) in [5.41, 5.74) is 1.83. The smallest absolute Gasteiger partial charge is 0.180 e. The number of pyridine rings is 2. The van der Waals surface area contributed by atoms with Gasteiger partial charge in [-0.2, -0.15) is 0 Å². The van der Waals surface area contributed by atoms with Crippen LogP contribution in [0.15, 0.2) is 48.8 Å². The van der Waals surface area contributed by atoms with Crippen molar-refractivity contribution in [2.75, 3.05) is 43.1 Å². The SMILES string of the molecule is CCc1cc(N2CCN(c3cc(OC)ccn3)CC2)nc(-c2ccccn2)n1. The molecule has 28 heavy (non-hydrogen) atoms. The lowest BCUT2D eigenvalue weighted by Crippen LogP contribution is -2.47. The first-order valence-corrected chi connectivity index (χ1v) is 9.56. The molecule has 1 fully saturated rings. The van der Waals surface area contributed by atoms with E-state index in [2.05, 4.69) is 37.7 Å². The van der Waals surface area contributed by atoms with Gasteiger partial charge in [0.1, 0.15) is 23.1 Å². The average Bonchev–Trinajstić information content (AvgIpc) is 2.79. The highest BCUT2D eigenvalue weighted by Crippen LogP contribution is 2.23. The van der Waals surface area contributed by atoms with E-state index < -0.39 is 0 Å². The quantitative estimate of drug-likeness (QED) is 0.678. The molecule has 0 radical (unpaired) electrons. The highest BCUT2D eigenvalue weighted by atomic mass is 16.5. The molecule has 0 aliphatic carbocycles. The van der Waals surface area contributed by atoms with E-state index in [1.807, 2.05) is 30.3 Å². The van der Waals surface area contributed by atoms with Crippen molar-refractivity contribution < 1.29 is 4.74 Å². The zero-order chi connectivity index (χ0) is 19.3. The Balaban J connectivity index is 1.52. The number of aryl methyl sites for hydroxylation is 1. The summed E-state index contributed by atoms with van der Waals surface area (Å²) in [6, 6.07) is 11.8. The number of ether oxygens (including phenoxy) is 1. The fourth-order valence-corrected chi connectivity index (χ4v) is 3.30. The van der Waals surface area contributed by atoms with Crippen LogP contribution in [-0.2, 0) is 6.42 Å². The Morgan fingerprint density at radius 2 is 1.68 bits per heavy atom. The molecule has 0 amide bonds. The predicted molar refractivity (Wildman–Crippen MR) is 110 cm³/mol. The van der Waals surface area contributed by atoms with E-state index in [1.165, 1.54) is 0 Å². The van der Waals surface area contributed by atoms with Crippen LogP contribution in [0, 0.1) is 0 Å². The van der Waals surface area contributed by atoms with Crippen LogP contribution in [0.3, 0.4) is 0 Å². The Morgan fingerprint density at radius 3 is 2.36 bits per heavy atom. The van der Waals surface area contributed by atoms with Gasteiger partial charge in [0.25, 0.3) is 0 Å². The van der Waals surface area contributed by atoms with E-state index in [9.17, 15) is 0 Å². The van der Waals surface area contributed by atoms with Crippen molar-refractivity contribution in [2.24, 2.45) is 0 Å². The second-order valence-corrected chi connectivity index (χ2v) is 6.64. The van der Waals surface area contributed by atoms with Gasteiger partial charge in [0.15, 0.2) is 5.82 Å². The van der Waals surface area contributed by atoms with Crippen LogP contribution in [0.25, 0.3) is 11.5 Å². The average molecular weight is 376 g/mol. The molecule has 1 saturated heterocycles. The van der Waals surface area contributed by atoms with Crippen molar-refractivity contribution in [3.8, 4) is 17.3 Å². The standard InChI is InChI=1S/C21H24N6O/c1-3-16-14-20(25-21(24-16)18-6-4-5-8-22-18)27-12-10-26(11-13-27)19-15-17(28-2)7-9-23-19/h4-9,14-15H,3,10-13H2,1-2H3. The van der Waals surface area contributed by atoms with E-state index in [0.717, 1.165) is 61.4 Å². The van der Waals surface area contributed by atoms with Gasteiger partial charge in [0.2, 0.25) is 0 Å². The molecule has 7 nitrogen and oxygen atoms in total. The maximum Gasteiger partial charge on any atom is 0.180 e. The first-order chi connectivity index (χ1) is 13.8. The third-order valence-electron chi connectivity index (χ3n) is 4.90. The normalized spacial score (nSPS) is 14.2. The van der Waals surface area contributed by atoms with Crippen molar-refractivity contribution in [1.29, 1.82) is 0 Å². The van der Waals surface area contributed by atoms with E-state index >= 15 is 0 Å². The summed E-state index contributed by atoms with van der Waals surface area (Å²) in [5.74, 6) is 3.43. The van der Waals surface area contributed by atoms with Crippen LogP contribution < -0.4 is 14.5 Å². The van der Waals surface area contributed by atoms with Crippen LogP contribution in [0.2, 0.25) is 0 Å². The number of piperazine rings is 1. The molecule has 0 aromatic carbocycles. The monoisotopic (exact) mass is 376 g/mol. The summed E-state index contributed by atoms with van der Waals surface area (Å²) in [6.45, 7) is 5.62. The molecule has 0 unspecified atom stereocenters. The first kappa shape index (κ1) is 18.2. The molecule has 0 atom stereocenters. The van der Waals surface area contributed by atoms with Gasteiger partial charge >= 0.3 is 0 Å². The van der Waals surface area contributed by atoms with Gasteiger partial charge in [0.05, 0.1) is 7.11 Å². The van der Waals surface area contributed by atoms with Gasteiger partial charge in [-0.15, -0.1) is 0 Å². The van der Waals surface area contributed by atoms with Crippen LogP contribution >= 0.6 is 0 Å². The number of anilines is 2. The highest BCUT2D eigenvalue weighted by molar-refractivity contribution is 5.54. The zero-order valence-electron chi connectivity index (χ0n) is 16.2. The number of methoxy groups -OCH3 is 1. The number of nitrogens with zero attached hydrogens (tertiary/aromatic N) is 6. The van der Waals surface area contributed by atoms with Crippen molar-refractivity contribution in [1.82, 2.24) is 19.9 Å². The van der Waals surface area contributed by atoms with Crippen molar-refractivity contribution >= 4 is 11.6 Å². The van der Waals surface area contributed by atoms with Gasteiger partial charge in [-0.3, -0.25) is 4.98 Å². The summed E-state index contributed by atoms with van der Waals surface area (Å²) in [5, 5.41) is 0. The molecule has 3 aromatic heterocycles. The van der Waals surface area contributed by atoms with Crippen LogP contribution in [-0.4, -0.2) is 53.2 Å². The van der Waals surface area contributed by atoms with E-state index in [-0.39, 0.29) is 0 Å². The van der Waals surface area contributed by atoms with Crippen LogP contribution in [0.1, 0.15) is 12.6 Å². The molecular formula is C21H24N6O. The summed E-state index contributed by atoms with van der Waals surface area (Å²) < 4.78 is 5.32. The lowest BCUT2D eigenvalue weighted by atomic mass is 10.2. The van der Waals surface area contributed by atoms with Gasteiger partial charge in [-0.1, -0.05) is 13.0 Å². The second kappa shape index (κ2) is 8.21. The topological polar surface area (TPSA) is 67.3 Å². The third kappa shape index (κ3) is 3.88. The maximum absolute atomic E-state index is 5.32. The number of hydrogen-bond acceptors (Lipinski definition) is 7. The molecule has 0 spiro atoms. The van der Waals surface area contributed by atoms with Crippen molar-refractivity contribution in [3.63, 3.8) is 0 Å². The zero-order valence-corrected chi connectivity index (χ0v) is 16.2. The van der Waals surface area contributed by atoms with Gasteiger partial charge in [0, 0.05) is 56.4 Å². The summed E-state index contributed by atoms with van der Waals surface area (Å²) in [4.78, 5) is 22.9. The Kier molecular flexibility index (Phi) is 5.32. The Bertz CT molecular complexity index is 925. The van der Waals surface area contributed by atoms with E-state index in [4.69, 9.17) is 9.72 Å². The van der Waals surface area contributed by atoms with Crippen LogP contribution in [0.5, 0.6) is 5.75 Å². The molecule has 144 valence electrons. The molecule has 7 heteroatoms. The summed E-state index contributed by atoms with van der Waals surface area (Å²) in [6.07, 6.45) is 4.43. The molecule has 1 aliphatic rings. The predicted octanol–water partition coefficient (Wildman–Crippen LogP) is 2.83. The fourth-order valence-electron chi connectivity index (χ4n) is 3.30. The minimum Gasteiger partial charge on any atom is -0.497 e. The van der Waals surface area contributed by atoms with Crippen molar-refractivity contribution in [3.05, 3.63) is 54.5 Å². The lowest BCUT2D eigenvalue weighted by Gasteiger charge is -2.36. The molecule has 1 aliphatic heterocycles. The second-order valence-electron chi connectivity index (χ2n) is 6.64. The molecule has 4 rings (SSSR count). The number of rotatable bonds is 5. The molecule has 3 aromatic rings. The Morgan fingerprint density at radius 1 is 0.893 bits per heavy atom. The molecule has 0 bridgehead atoms. The minimum absolute atomic E-state index is 0.687. The minimum atomic E-state index is 0.687. The first-order valence-electron chi connectivity index (χ1n) is 9.56. The Hall–Kier alpha value is -3.22. The van der Waals surface area contributed by atoms with Crippen molar-refractivity contribution in [2.45, 2.75) is 13.3 Å². The van der Waals surface area contributed by atoms with Gasteiger partial charge < -0.3 is 14.5 Å². The molecular weight excluding hydrogens is 352 g/mol. The molecule has 0 N–H and O–H groups in total. The molecule has 4 heterocycles. The summed E-state index contributed by atoms with van der Waals surface area (Å²) >= 11 is 0. The summed E-state index contributed by atoms with van der Waals surface area (Å²) in [7, 11) is 1.68. The Labute approximate surface area is 165 Å². The largest absolute Gasteiger partial charge is 0.497 e.